The highest BCUT2D eigenvalue weighted by Crippen LogP contribution is 2.33. The average molecular weight is 1120 g/mol. The van der Waals surface area contributed by atoms with Crippen molar-refractivity contribution in [3.8, 4) is 23.0 Å². The summed E-state index contributed by atoms with van der Waals surface area (Å²) in [6.45, 7) is 11.9. The summed E-state index contributed by atoms with van der Waals surface area (Å²) in [4.78, 5) is 0.904. The molecule has 0 amide bonds. The van der Waals surface area contributed by atoms with E-state index >= 15 is 0 Å². The number of unbranched alkanes of at least 4 members (excludes halogenated alkanes) is 44. The van der Waals surface area contributed by atoms with Gasteiger partial charge in [0.2, 0.25) is 0 Å². The molecule has 6 nitrogen and oxygen atoms in total. The lowest BCUT2D eigenvalue weighted by atomic mass is 10.1. The van der Waals surface area contributed by atoms with Crippen LogP contribution in [0.4, 0.5) is 11.4 Å². The second-order valence-electron chi connectivity index (χ2n) is 23.2. The summed E-state index contributed by atoms with van der Waals surface area (Å²) in [5.41, 5.74) is 1.67. The molecule has 0 atom stereocenters. The molecule has 0 fully saturated rings. The van der Waals surface area contributed by atoms with E-state index in [0.717, 1.165) is 60.1 Å². The van der Waals surface area contributed by atoms with Gasteiger partial charge in [-0.05, 0) is 49.9 Å². The first-order chi connectivity index (χ1) is 38.5. The summed E-state index contributed by atoms with van der Waals surface area (Å²) in [6.07, 6.45) is 63.5. The van der Waals surface area contributed by atoms with Crippen molar-refractivity contribution in [3.63, 3.8) is 0 Å². The van der Waals surface area contributed by atoms with Crippen LogP contribution in [0.5, 0.6) is 23.0 Å². The minimum absolute atomic E-state index is 0.452. The molecule has 0 aliphatic rings. The van der Waals surface area contributed by atoms with Crippen LogP contribution in [0.3, 0.4) is 0 Å². The number of rotatable bonds is 58. The quantitative estimate of drug-likeness (QED) is 0.0502. The third-order valence-corrected chi connectivity index (χ3v) is 16.4. The average Bonchev–Trinajstić information content (AvgIpc) is 3.45. The third-order valence-electron chi connectivity index (χ3n) is 15.6. The van der Waals surface area contributed by atoms with Crippen molar-refractivity contribution in [1.29, 1.82) is 0 Å². The standard InChI is InChI=1S/C70H124N2O4S2/c1-5-9-13-17-21-25-29-33-37-41-45-49-57-73-65-55-53-63(61-67(65)75-59-51-47-43-39-35-31-27-23-19-15-11-7-3)71-69(77)70(78)72-64-54-56-66(74-58-50-46-42-38-34-30-26-22-18-14-10-6-2)68(62-64)76-60-52-48-44-40-36-32-28-24-20-16-12-8-4/h53-56,61-62H,5-52,57-60H2,1-4H3,(H,71,77)(H,72,78). The summed E-state index contributed by atoms with van der Waals surface area (Å²) in [6, 6.07) is 12.1. The summed E-state index contributed by atoms with van der Waals surface area (Å²) in [5, 5.41) is 6.81. The van der Waals surface area contributed by atoms with Crippen molar-refractivity contribution in [2.45, 2.75) is 336 Å². The Morgan fingerprint density at radius 1 is 0.256 bits per heavy atom. The van der Waals surface area contributed by atoms with Gasteiger partial charge in [-0.1, -0.05) is 335 Å². The molecule has 78 heavy (non-hydrogen) atoms. The predicted molar refractivity (Wildman–Crippen MR) is 352 cm³/mol. The Hall–Kier alpha value is -2.58. The van der Waals surface area contributed by atoms with Crippen LogP contribution >= 0.6 is 24.4 Å². The van der Waals surface area contributed by atoms with Crippen molar-refractivity contribution in [2.24, 2.45) is 0 Å². The highest BCUT2D eigenvalue weighted by molar-refractivity contribution is 7.89. The Kier molecular flexibility index (Phi) is 50.4. The Morgan fingerprint density at radius 3 is 0.641 bits per heavy atom. The van der Waals surface area contributed by atoms with Crippen LogP contribution in [-0.2, 0) is 0 Å². The summed E-state index contributed by atoms with van der Waals surface area (Å²) in [5.74, 6) is 3.12. The van der Waals surface area contributed by atoms with E-state index in [1.807, 2.05) is 36.4 Å². The molecule has 2 rings (SSSR count). The molecule has 0 saturated heterocycles. The van der Waals surface area contributed by atoms with Crippen LogP contribution in [0.2, 0.25) is 0 Å². The maximum absolute atomic E-state index is 6.48. The van der Waals surface area contributed by atoms with E-state index < -0.39 is 0 Å². The normalized spacial score (nSPS) is 11.3. The van der Waals surface area contributed by atoms with Gasteiger partial charge in [-0.2, -0.15) is 0 Å². The second-order valence-corrected chi connectivity index (χ2v) is 24.0. The Labute approximate surface area is 494 Å². The number of hydrogen-bond acceptors (Lipinski definition) is 6. The maximum atomic E-state index is 6.48. The Balaban J connectivity index is 1.96. The minimum atomic E-state index is 0.452. The van der Waals surface area contributed by atoms with Gasteiger partial charge in [0.15, 0.2) is 23.0 Å². The maximum Gasteiger partial charge on any atom is 0.163 e. The third kappa shape index (κ3) is 42.3. The Bertz CT molecular complexity index is 1540. The molecular weight excluding hydrogens is 997 g/mol. The molecule has 2 N–H and O–H groups in total. The van der Waals surface area contributed by atoms with E-state index in [4.69, 9.17) is 43.4 Å². The number of nitrogens with one attached hydrogen (secondary N) is 2. The molecule has 2 aromatic rings. The molecular formula is C70H124N2O4S2. The number of hydrogen-bond donors (Lipinski definition) is 2. The van der Waals surface area contributed by atoms with Gasteiger partial charge in [-0.15, -0.1) is 0 Å². The van der Waals surface area contributed by atoms with Crippen molar-refractivity contribution in [1.82, 2.24) is 0 Å². The zero-order chi connectivity index (χ0) is 55.9. The van der Waals surface area contributed by atoms with E-state index in [1.54, 1.807) is 0 Å². The van der Waals surface area contributed by atoms with Crippen LogP contribution in [0.25, 0.3) is 0 Å². The van der Waals surface area contributed by atoms with Crippen LogP contribution in [0.15, 0.2) is 36.4 Å². The van der Waals surface area contributed by atoms with E-state index in [2.05, 4.69) is 38.3 Å². The van der Waals surface area contributed by atoms with E-state index in [0.29, 0.717) is 36.4 Å². The highest BCUT2D eigenvalue weighted by Gasteiger charge is 2.14. The van der Waals surface area contributed by atoms with Crippen LogP contribution < -0.4 is 29.6 Å². The zero-order valence-corrected chi connectivity index (χ0v) is 53.3. The van der Waals surface area contributed by atoms with E-state index in [9.17, 15) is 0 Å². The van der Waals surface area contributed by atoms with Gasteiger partial charge in [0.25, 0.3) is 0 Å². The lowest BCUT2D eigenvalue weighted by Gasteiger charge is -2.17. The van der Waals surface area contributed by atoms with Gasteiger partial charge in [-0.25, -0.2) is 0 Å². The molecule has 0 heterocycles. The molecule has 0 aliphatic heterocycles. The van der Waals surface area contributed by atoms with Crippen molar-refractivity contribution < 1.29 is 18.9 Å². The second kappa shape index (κ2) is 55.0. The largest absolute Gasteiger partial charge is 0.490 e. The lowest BCUT2D eigenvalue weighted by molar-refractivity contribution is 0.258. The number of ether oxygens (including phenoxy) is 4. The fourth-order valence-electron chi connectivity index (χ4n) is 10.5. The molecule has 8 heteroatoms. The van der Waals surface area contributed by atoms with Gasteiger partial charge in [-0.3, -0.25) is 0 Å². The first-order valence-electron chi connectivity index (χ1n) is 33.9. The number of thiocarbonyl (C=S) groups is 2. The smallest absolute Gasteiger partial charge is 0.163 e. The molecule has 2 aromatic carbocycles. The van der Waals surface area contributed by atoms with Crippen LogP contribution in [0.1, 0.15) is 336 Å². The molecule has 450 valence electrons. The molecule has 0 bridgehead atoms. The van der Waals surface area contributed by atoms with Gasteiger partial charge < -0.3 is 29.6 Å². The predicted octanol–water partition coefficient (Wildman–Crippen LogP) is 24.2. The fourth-order valence-corrected chi connectivity index (χ4v) is 10.8. The lowest BCUT2D eigenvalue weighted by Crippen LogP contribution is -2.25. The molecule has 0 spiro atoms. The molecule has 0 radical (unpaired) electrons. The summed E-state index contributed by atoms with van der Waals surface area (Å²) < 4.78 is 25.8. The first kappa shape index (κ1) is 71.5. The molecule has 0 saturated carbocycles. The zero-order valence-electron chi connectivity index (χ0n) is 51.7. The van der Waals surface area contributed by atoms with Crippen molar-refractivity contribution >= 4 is 45.8 Å². The number of anilines is 2. The van der Waals surface area contributed by atoms with Crippen molar-refractivity contribution in [2.75, 3.05) is 37.1 Å². The van der Waals surface area contributed by atoms with E-state index in [1.165, 1.54) is 283 Å². The molecule has 0 unspecified atom stereocenters. The highest BCUT2D eigenvalue weighted by atomic mass is 32.1. The van der Waals surface area contributed by atoms with E-state index in [-0.39, 0.29) is 0 Å². The van der Waals surface area contributed by atoms with Gasteiger partial charge in [0, 0.05) is 23.5 Å². The van der Waals surface area contributed by atoms with Gasteiger partial charge in [0.05, 0.1) is 26.4 Å². The summed E-state index contributed by atoms with van der Waals surface area (Å²) >= 11 is 11.8. The topological polar surface area (TPSA) is 61.0 Å². The summed E-state index contributed by atoms with van der Waals surface area (Å²) in [7, 11) is 0. The minimum Gasteiger partial charge on any atom is -0.490 e. The van der Waals surface area contributed by atoms with Gasteiger partial charge in [0.1, 0.15) is 9.98 Å². The SMILES string of the molecule is CCCCCCCCCCCCCCOc1ccc(NC(=S)C(=S)Nc2ccc(OCCCCCCCCCCCCCC)c(OCCCCCCCCCCCCCC)c2)cc1OCCCCCCCCCCCCCC. The van der Waals surface area contributed by atoms with Crippen LogP contribution in [-0.4, -0.2) is 36.4 Å². The van der Waals surface area contributed by atoms with Crippen LogP contribution in [0, 0.1) is 0 Å². The monoisotopic (exact) mass is 1120 g/mol. The first-order valence-corrected chi connectivity index (χ1v) is 34.8. The molecule has 0 aliphatic carbocycles. The number of benzene rings is 2. The molecule has 0 aromatic heterocycles. The Morgan fingerprint density at radius 2 is 0.436 bits per heavy atom. The van der Waals surface area contributed by atoms with Crippen molar-refractivity contribution in [3.05, 3.63) is 36.4 Å². The van der Waals surface area contributed by atoms with Gasteiger partial charge >= 0.3 is 0 Å². The fraction of sp³-hybridized carbons (Fsp3) is 0.800.